The first kappa shape index (κ1) is 13.8. The summed E-state index contributed by atoms with van der Waals surface area (Å²) in [5, 5.41) is 0. The van der Waals surface area contributed by atoms with Crippen LogP contribution in [0.5, 0.6) is 0 Å². The first-order valence-corrected chi connectivity index (χ1v) is 7.95. The fourth-order valence-corrected chi connectivity index (χ4v) is 4.06. The fourth-order valence-electron chi connectivity index (χ4n) is 2.03. The lowest BCUT2D eigenvalue weighted by atomic mass is 9.82. The predicted octanol–water partition coefficient (Wildman–Crippen LogP) is 2.52. The van der Waals surface area contributed by atoms with Gasteiger partial charge in [0, 0.05) is 10.7 Å². The molecule has 1 heterocycles. The Bertz CT molecular complexity index is 636. The zero-order chi connectivity index (χ0) is 13.7. The summed E-state index contributed by atoms with van der Waals surface area (Å²) in [7, 11) is 1.08. The number of carbonyl (C=O) groups excluding carboxylic acids is 1. The van der Waals surface area contributed by atoms with Crippen LogP contribution in [0.3, 0.4) is 0 Å². The summed E-state index contributed by atoms with van der Waals surface area (Å²) in [6.07, 6.45) is 0.0109. The van der Waals surface area contributed by atoms with Crippen molar-refractivity contribution in [2.24, 2.45) is 0 Å². The van der Waals surface area contributed by atoms with Gasteiger partial charge in [-0.25, -0.2) is 8.70 Å². The molecule has 18 heavy (non-hydrogen) atoms. The van der Waals surface area contributed by atoms with Crippen LogP contribution in [0.4, 0.5) is 4.39 Å². The molecule has 0 aliphatic carbocycles. The summed E-state index contributed by atoms with van der Waals surface area (Å²) in [6.45, 7) is 1.56. The third-order valence-corrected chi connectivity index (χ3v) is 4.99. The van der Waals surface area contributed by atoms with Gasteiger partial charge in [0.1, 0.15) is 5.82 Å². The highest BCUT2D eigenvalue weighted by atomic mass is 79.9. The third-order valence-electron chi connectivity index (χ3n) is 2.93. The van der Waals surface area contributed by atoms with E-state index in [-0.39, 0.29) is 10.9 Å². The largest absolute Gasteiger partial charge is 0.324 e. The maximum absolute atomic E-state index is 13.1. The van der Waals surface area contributed by atoms with Crippen molar-refractivity contribution in [1.82, 2.24) is 4.31 Å². The highest BCUT2D eigenvalue weighted by Crippen LogP contribution is 2.44. The van der Waals surface area contributed by atoms with Crippen LogP contribution in [0.1, 0.15) is 18.9 Å². The maximum Gasteiger partial charge on any atom is 0.324 e. The van der Waals surface area contributed by atoms with Crippen LogP contribution >= 0.6 is 26.6 Å². The molecule has 0 saturated carbocycles. The van der Waals surface area contributed by atoms with Crippen molar-refractivity contribution in [3.63, 3.8) is 0 Å². The molecule has 4 nitrogen and oxygen atoms in total. The molecular formula is C10H8BrClFNO3S. The summed E-state index contributed by atoms with van der Waals surface area (Å²) in [5.41, 5.74) is -0.562. The van der Waals surface area contributed by atoms with Gasteiger partial charge in [-0.3, -0.25) is 4.79 Å². The third kappa shape index (κ3) is 2.04. The van der Waals surface area contributed by atoms with Gasteiger partial charge in [0.15, 0.2) is 0 Å². The molecule has 0 bridgehead atoms. The summed E-state index contributed by atoms with van der Waals surface area (Å²) in [4.78, 5) is 11.4. The second kappa shape index (κ2) is 4.18. The van der Waals surface area contributed by atoms with E-state index in [0.29, 0.717) is 9.87 Å². The van der Waals surface area contributed by atoms with Crippen molar-refractivity contribution in [1.29, 1.82) is 0 Å². The van der Waals surface area contributed by atoms with Crippen molar-refractivity contribution in [3.05, 3.63) is 34.1 Å². The van der Waals surface area contributed by atoms with Crippen molar-refractivity contribution in [2.75, 3.05) is 0 Å². The second-order valence-electron chi connectivity index (χ2n) is 4.18. The lowest BCUT2D eigenvalue weighted by molar-refractivity contribution is -0.144. The summed E-state index contributed by atoms with van der Waals surface area (Å²) < 4.78 is 36.7. The van der Waals surface area contributed by atoms with E-state index in [9.17, 15) is 17.6 Å². The van der Waals surface area contributed by atoms with Gasteiger partial charge < -0.3 is 0 Å². The Morgan fingerprint density at radius 3 is 2.56 bits per heavy atom. The van der Waals surface area contributed by atoms with E-state index in [1.54, 1.807) is 6.92 Å². The molecule has 1 fully saturated rings. The molecule has 1 saturated heterocycles. The molecule has 1 aliphatic heterocycles. The van der Waals surface area contributed by atoms with E-state index < -0.39 is 26.5 Å². The molecule has 1 aliphatic rings. The standard InChI is InChI=1S/C10H8BrClFNO3S/c1-10(5-9(15)14(10)18(12,16)17)6-2-3-8(13)7(11)4-6/h2-4H,5H2,1H3. The fraction of sp³-hybridized carbons (Fsp3) is 0.300. The molecule has 1 aromatic carbocycles. The van der Waals surface area contributed by atoms with Crippen molar-refractivity contribution >= 4 is 41.8 Å². The Hall–Kier alpha value is -0.660. The zero-order valence-electron chi connectivity index (χ0n) is 9.15. The minimum Gasteiger partial charge on any atom is -0.274 e. The molecule has 98 valence electrons. The Kier molecular flexibility index (Phi) is 3.19. The van der Waals surface area contributed by atoms with E-state index >= 15 is 0 Å². The molecule has 1 aromatic rings. The Morgan fingerprint density at radius 1 is 1.50 bits per heavy atom. The molecule has 0 aromatic heterocycles. The topological polar surface area (TPSA) is 54.5 Å². The van der Waals surface area contributed by atoms with Crippen LogP contribution in [0.2, 0.25) is 0 Å². The summed E-state index contributed by atoms with van der Waals surface area (Å²) >= 11 is 3.02. The molecular weight excluding hydrogens is 349 g/mol. The number of rotatable bonds is 2. The molecule has 1 unspecified atom stereocenters. The van der Waals surface area contributed by atoms with Crippen LogP contribution in [-0.4, -0.2) is 18.6 Å². The Balaban J connectivity index is 2.50. The monoisotopic (exact) mass is 355 g/mol. The van der Waals surface area contributed by atoms with Crippen LogP contribution < -0.4 is 0 Å². The van der Waals surface area contributed by atoms with Crippen LogP contribution in [-0.2, 0) is 19.6 Å². The van der Waals surface area contributed by atoms with Gasteiger partial charge in [0.05, 0.1) is 16.4 Å². The molecule has 0 radical (unpaired) electrons. The number of amides is 1. The van der Waals surface area contributed by atoms with Gasteiger partial charge in [-0.1, -0.05) is 6.07 Å². The summed E-state index contributed by atoms with van der Waals surface area (Å²) in [5.74, 6) is -1.04. The highest BCUT2D eigenvalue weighted by molar-refractivity contribution is 9.10. The van der Waals surface area contributed by atoms with Gasteiger partial charge in [-0.2, -0.15) is 8.42 Å². The zero-order valence-corrected chi connectivity index (χ0v) is 12.3. The van der Waals surface area contributed by atoms with Crippen LogP contribution in [0.25, 0.3) is 0 Å². The van der Waals surface area contributed by atoms with Crippen LogP contribution in [0.15, 0.2) is 22.7 Å². The quantitative estimate of drug-likeness (QED) is 0.604. The maximum atomic E-state index is 13.1. The lowest BCUT2D eigenvalue weighted by Crippen LogP contribution is -2.60. The number of hydrogen-bond donors (Lipinski definition) is 0. The van der Waals surface area contributed by atoms with Gasteiger partial charge in [0.25, 0.3) is 0 Å². The normalized spacial score (nSPS) is 24.0. The minimum absolute atomic E-state index is 0.0109. The average molecular weight is 357 g/mol. The highest BCUT2D eigenvalue weighted by Gasteiger charge is 2.54. The lowest BCUT2D eigenvalue weighted by Gasteiger charge is -2.47. The van der Waals surface area contributed by atoms with E-state index in [1.807, 2.05) is 0 Å². The number of hydrogen-bond acceptors (Lipinski definition) is 3. The number of β-lactam (4-membered cyclic amide) rings is 1. The van der Waals surface area contributed by atoms with Crippen molar-refractivity contribution in [2.45, 2.75) is 18.9 Å². The van der Waals surface area contributed by atoms with Gasteiger partial charge in [0.2, 0.25) is 5.91 Å². The molecule has 0 spiro atoms. The van der Waals surface area contributed by atoms with Gasteiger partial charge in [-0.15, -0.1) is 0 Å². The van der Waals surface area contributed by atoms with Gasteiger partial charge in [-0.05, 0) is 40.5 Å². The number of carbonyl (C=O) groups is 1. The van der Waals surface area contributed by atoms with Crippen molar-refractivity contribution in [3.8, 4) is 0 Å². The smallest absolute Gasteiger partial charge is 0.274 e. The SMILES string of the molecule is CC1(c2ccc(F)c(Br)c2)CC(=O)N1S(=O)(=O)Cl. The van der Waals surface area contributed by atoms with E-state index in [0.717, 1.165) is 0 Å². The molecule has 1 amide bonds. The van der Waals surface area contributed by atoms with Crippen LogP contribution in [0, 0.1) is 5.82 Å². The van der Waals surface area contributed by atoms with E-state index in [4.69, 9.17) is 10.7 Å². The van der Waals surface area contributed by atoms with E-state index in [1.165, 1.54) is 18.2 Å². The van der Waals surface area contributed by atoms with E-state index in [2.05, 4.69) is 15.9 Å². The second-order valence-corrected chi connectivity index (χ2v) is 7.39. The number of nitrogens with zero attached hydrogens (tertiary/aromatic N) is 1. The minimum atomic E-state index is -4.15. The van der Waals surface area contributed by atoms with Crippen molar-refractivity contribution < 1.29 is 17.6 Å². The summed E-state index contributed by atoms with van der Waals surface area (Å²) in [6, 6.07) is 4.07. The first-order valence-electron chi connectivity index (χ1n) is 4.89. The molecule has 0 N–H and O–H groups in total. The van der Waals surface area contributed by atoms with Gasteiger partial charge >= 0.3 is 9.24 Å². The molecule has 1 atom stereocenters. The Morgan fingerprint density at radius 2 is 2.11 bits per heavy atom. The number of halogens is 3. The number of benzene rings is 1. The molecule has 2 rings (SSSR count). The Labute approximate surface area is 116 Å². The molecule has 8 heteroatoms. The first-order chi connectivity index (χ1) is 8.16. The predicted molar refractivity (Wildman–Crippen MR) is 67.7 cm³/mol. The average Bonchev–Trinajstić information content (AvgIpc) is 2.18.